The number of hydrogen-bond donors (Lipinski definition) is 0. The third kappa shape index (κ3) is 4.37. The van der Waals surface area contributed by atoms with E-state index in [1.165, 1.54) is 25.3 Å². The van der Waals surface area contributed by atoms with Gasteiger partial charge in [0.1, 0.15) is 6.04 Å². The van der Waals surface area contributed by atoms with Gasteiger partial charge in [0.05, 0.1) is 12.0 Å². The van der Waals surface area contributed by atoms with Gasteiger partial charge in [-0.3, -0.25) is 19.7 Å². The third-order valence-corrected chi connectivity index (χ3v) is 5.68. The molecular formula is C20H26N4O6. The van der Waals surface area contributed by atoms with E-state index in [0.29, 0.717) is 56.7 Å². The highest BCUT2D eigenvalue weighted by molar-refractivity contribution is 5.98. The Morgan fingerprint density at radius 3 is 2.43 bits per heavy atom. The lowest BCUT2D eigenvalue weighted by Gasteiger charge is -2.29. The van der Waals surface area contributed by atoms with Gasteiger partial charge in [0.15, 0.2) is 0 Å². The molecule has 0 aliphatic carbocycles. The van der Waals surface area contributed by atoms with Gasteiger partial charge >= 0.3 is 6.09 Å². The van der Waals surface area contributed by atoms with Crippen molar-refractivity contribution in [2.75, 3.05) is 39.8 Å². The molecule has 3 amide bonds. The average molecular weight is 418 g/mol. The van der Waals surface area contributed by atoms with Gasteiger partial charge in [0, 0.05) is 49.9 Å². The Morgan fingerprint density at radius 1 is 1.07 bits per heavy atom. The van der Waals surface area contributed by atoms with Crippen molar-refractivity contribution >= 4 is 23.6 Å². The largest absolute Gasteiger partial charge is 0.453 e. The molecule has 0 N–H and O–H groups in total. The first-order valence-electron chi connectivity index (χ1n) is 10.0. The van der Waals surface area contributed by atoms with Gasteiger partial charge in [0.25, 0.3) is 11.6 Å². The van der Waals surface area contributed by atoms with Crippen molar-refractivity contribution in [3.05, 3.63) is 39.4 Å². The summed E-state index contributed by atoms with van der Waals surface area (Å²) in [5.74, 6) is -0.416. The maximum absolute atomic E-state index is 13.2. The van der Waals surface area contributed by atoms with Crippen LogP contribution in [0.5, 0.6) is 0 Å². The van der Waals surface area contributed by atoms with Crippen LogP contribution < -0.4 is 0 Å². The molecule has 2 saturated heterocycles. The number of hydrogen-bond acceptors (Lipinski definition) is 6. The van der Waals surface area contributed by atoms with Crippen molar-refractivity contribution in [1.29, 1.82) is 0 Å². The normalized spacial score (nSPS) is 19.4. The Hall–Kier alpha value is -3.17. The predicted octanol–water partition coefficient (Wildman–Crippen LogP) is 1.81. The topological polar surface area (TPSA) is 113 Å². The van der Waals surface area contributed by atoms with Crippen molar-refractivity contribution in [1.82, 2.24) is 14.7 Å². The minimum Gasteiger partial charge on any atom is -0.453 e. The van der Waals surface area contributed by atoms with E-state index in [4.69, 9.17) is 4.74 Å². The number of benzene rings is 1. The lowest BCUT2D eigenvalue weighted by atomic mass is 10.1. The van der Waals surface area contributed by atoms with Gasteiger partial charge in [-0.15, -0.1) is 0 Å². The Bertz CT molecular complexity index is 858. The fourth-order valence-electron chi connectivity index (χ4n) is 4.09. The molecule has 2 heterocycles. The van der Waals surface area contributed by atoms with Crippen molar-refractivity contribution in [3.63, 3.8) is 0 Å². The number of nitrogens with zero attached hydrogens (tertiary/aromatic N) is 4. The van der Waals surface area contributed by atoms with E-state index < -0.39 is 17.1 Å². The number of nitro groups is 1. The van der Waals surface area contributed by atoms with Gasteiger partial charge in [-0.25, -0.2) is 4.79 Å². The first kappa shape index (κ1) is 21.5. The van der Waals surface area contributed by atoms with Crippen LogP contribution >= 0.6 is 0 Å². The SMILES string of the molecule is COC(=O)N1CCCN(C(=O)C2CCCN2C(=O)c2ccc([N+](=O)[O-])c(C)c2)CC1. The molecule has 0 saturated carbocycles. The van der Waals surface area contributed by atoms with Gasteiger partial charge in [-0.2, -0.15) is 0 Å². The fourth-order valence-corrected chi connectivity index (χ4v) is 4.09. The number of nitro benzene ring substituents is 1. The van der Waals surface area contributed by atoms with E-state index in [1.54, 1.807) is 21.6 Å². The molecule has 1 unspecified atom stereocenters. The second-order valence-electron chi connectivity index (χ2n) is 7.55. The van der Waals surface area contributed by atoms with E-state index in [-0.39, 0.29) is 17.5 Å². The quantitative estimate of drug-likeness (QED) is 0.546. The summed E-state index contributed by atoms with van der Waals surface area (Å²) in [6.45, 7) is 3.87. The molecule has 0 spiro atoms. The second kappa shape index (κ2) is 9.10. The summed E-state index contributed by atoms with van der Waals surface area (Å²) in [7, 11) is 1.33. The molecule has 30 heavy (non-hydrogen) atoms. The Balaban J connectivity index is 1.71. The Kier molecular flexibility index (Phi) is 6.53. The highest BCUT2D eigenvalue weighted by atomic mass is 16.6. The van der Waals surface area contributed by atoms with Gasteiger partial charge < -0.3 is 19.4 Å². The summed E-state index contributed by atoms with van der Waals surface area (Å²) >= 11 is 0. The summed E-state index contributed by atoms with van der Waals surface area (Å²) in [6, 6.07) is 3.71. The van der Waals surface area contributed by atoms with Gasteiger partial charge in [-0.05, 0) is 38.3 Å². The molecule has 10 nitrogen and oxygen atoms in total. The van der Waals surface area contributed by atoms with Crippen LogP contribution in [0.3, 0.4) is 0 Å². The molecule has 2 aliphatic heterocycles. The molecule has 2 aliphatic rings. The minimum atomic E-state index is -0.558. The molecule has 2 fully saturated rings. The van der Waals surface area contributed by atoms with Crippen molar-refractivity contribution in [2.24, 2.45) is 0 Å². The molecule has 3 rings (SSSR count). The second-order valence-corrected chi connectivity index (χ2v) is 7.55. The lowest BCUT2D eigenvalue weighted by Crippen LogP contribution is -2.48. The van der Waals surface area contributed by atoms with Crippen LogP contribution in [-0.2, 0) is 9.53 Å². The molecule has 0 aromatic heterocycles. The summed E-state index contributed by atoms with van der Waals surface area (Å²) < 4.78 is 4.76. The predicted molar refractivity (Wildman–Crippen MR) is 107 cm³/mol. The first-order chi connectivity index (χ1) is 14.3. The van der Waals surface area contributed by atoms with Gasteiger partial charge in [0.2, 0.25) is 5.91 Å². The van der Waals surface area contributed by atoms with Crippen molar-refractivity contribution in [2.45, 2.75) is 32.2 Å². The van der Waals surface area contributed by atoms with Gasteiger partial charge in [-0.1, -0.05) is 0 Å². The highest BCUT2D eigenvalue weighted by Gasteiger charge is 2.37. The number of carbonyl (C=O) groups excluding carboxylic acids is 3. The monoisotopic (exact) mass is 418 g/mol. The molecule has 0 radical (unpaired) electrons. The number of rotatable bonds is 3. The van der Waals surface area contributed by atoms with Crippen LogP contribution in [-0.4, -0.2) is 83.4 Å². The third-order valence-electron chi connectivity index (χ3n) is 5.68. The zero-order chi connectivity index (χ0) is 21.8. The molecule has 162 valence electrons. The Labute approximate surface area is 174 Å². The minimum absolute atomic E-state index is 0.0414. The molecule has 1 aromatic rings. The zero-order valence-electron chi connectivity index (χ0n) is 17.2. The van der Waals surface area contributed by atoms with Crippen molar-refractivity contribution < 1.29 is 24.0 Å². The van der Waals surface area contributed by atoms with Crippen LogP contribution in [0.2, 0.25) is 0 Å². The smallest absolute Gasteiger partial charge is 0.409 e. The van der Waals surface area contributed by atoms with Crippen LogP contribution in [0.1, 0.15) is 35.2 Å². The summed E-state index contributed by atoms with van der Waals surface area (Å²) in [4.78, 5) is 53.3. The number of methoxy groups -OCH3 is 1. The Morgan fingerprint density at radius 2 is 1.77 bits per heavy atom. The average Bonchev–Trinajstić information content (AvgIpc) is 3.09. The van der Waals surface area contributed by atoms with Crippen LogP contribution in [0.4, 0.5) is 10.5 Å². The molecule has 1 atom stereocenters. The van der Waals surface area contributed by atoms with Crippen LogP contribution in [0.25, 0.3) is 0 Å². The maximum Gasteiger partial charge on any atom is 0.409 e. The van der Waals surface area contributed by atoms with E-state index in [2.05, 4.69) is 0 Å². The van der Waals surface area contributed by atoms with Crippen LogP contribution in [0.15, 0.2) is 18.2 Å². The zero-order valence-corrected chi connectivity index (χ0v) is 17.2. The number of carbonyl (C=O) groups is 3. The van der Waals surface area contributed by atoms with Crippen molar-refractivity contribution in [3.8, 4) is 0 Å². The maximum atomic E-state index is 13.2. The van der Waals surface area contributed by atoms with Crippen LogP contribution in [0, 0.1) is 17.0 Å². The van der Waals surface area contributed by atoms with E-state index in [9.17, 15) is 24.5 Å². The van der Waals surface area contributed by atoms with E-state index in [1.807, 2.05) is 0 Å². The highest BCUT2D eigenvalue weighted by Crippen LogP contribution is 2.25. The van der Waals surface area contributed by atoms with E-state index in [0.717, 1.165) is 6.42 Å². The fraction of sp³-hybridized carbons (Fsp3) is 0.550. The summed E-state index contributed by atoms with van der Waals surface area (Å²) in [5, 5.41) is 11.0. The first-order valence-corrected chi connectivity index (χ1v) is 10.0. The number of amides is 3. The molecule has 1 aromatic carbocycles. The summed E-state index contributed by atoms with van der Waals surface area (Å²) in [6.07, 6.45) is 1.53. The number of likely N-dealkylation sites (tertiary alicyclic amines) is 1. The number of aryl methyl sites for hydroxylation is 1. The lowest BCUT2D eigenvalue weighted by molar-refractivity contribution is -0.385. The summed E-state index contributed by atoms with van der Waals surface area (Å²) in [5.41, 5.74) is 0.703. The standard InChI is InChI=1S/C20H26N4O6/c1-14-13-15(6-7-16(14)24(28)29)18(25)23-10-3-5-17(23)19(26)21-8-4-9-22(12-11-21)20(27)30-2/h6-7,13,17H,3-5,8-12H2,1-2H3. The molecular weight excluding hydrogens is 392 g/mol. The molecule has 0 bridgehead atoms. The number of ether oxygens (including phenoxy) is 1. The molecule has 10 heteroatoms. The van der Waals surface area contributed by atoms with E-state index >= 15 is 0 Å².